The molecule has 3 unspecified atom stereocenters. The minimum atomic E-state index is 0.0279. The normalized spacial score (nSPS) is 36.8. The van der Waals surface area contributed by atoms with Crippen LogP contribution in [0.5, 0.6) is 0 Å². The van der Waals surface area contributed by atoms with Crippen LogP contribution < -0.4 is 10.6 Å². The Morgan fingerprint density at radius 1 is 1.29 bits per heavy atom. The SMILES string of the molecule is CC1CCCNC1C(=O)NC1CCCC1(C)C. The van der Waals surface area contributed by atoms with E-state index in [9.17, 15) is 4.79 Å². The van der Waals surface area contributed by atoms with Crippen molar-refractivity contribution in [1.29, 1.82) is 0 Å². The lowest BCUT2D eigenvalue weighted by Gasteiger charge is -2.33. The van der Waals surface area contributed by atoms with Gasteiger partial charge < -0.3 is 10.6 Å². The fourth-order valence-corrected chi connectivity index (χ4v) is 3.26. The standard InChI is InChI=1S/C14H26N2O/c1-10-6-5-9-15-12(10)13(17)16-11-7-4-8-14(11,2)3/h10-12,15H,4-9H2,1-3H3,(H,16,17). The summed E-state index contributed by atoms with van der Waals surface area (Å²) in [5.41, 5.74) is 0.271. The van der Waals surface area contributed by atoms with Gasteiger partial charge in [0.2, 0.25) is 5.91 Å². The average Bonchev–Trinajstić information content (AvgIpc) is 2.59. The largest absolute Gasteiger partial charge is 0.351 e. The van der Waals surface area contributed by atoms with Crippen LogP contribution in [-0.2, 0) is 4.79 Å². The number of carbonyl (C=O) groups is 1. The van der Waals surface area contributed by atoms with Gasteiger partial charge in [0.1, 0.15) is 0 Å². The lowest BCUT2D eigenvalue weighted by Crippen LogP contribution is -2.54. The Morgan fingerprint density at radius 3 is 2.65 bits per heavy atom. The topological polar surface area (TPSA) is 41.1 Å². The van der Waals surface area contributed by atoms with E-state index in [-0.39, 0.29) is 17.4 Å². The summed E-state index contributed by atoms with van der Waals surface area (Å²) in [6.45, 7) is 7.69. The predicted octanol–water partition coefficient (Wildman–Crippen LogP) is 2.07. The highest BCUT2D eigenvalue weighted by atomic mass is 16.2. The highest BCUT2D eigenvalue weighted by Crippen LogP contribution is 2.37. The molecule has 2 fully saturated rings. The Morgan fingerprint density at radius 2 is 2.06 bits per heavy atom. The first-order valence-corrected chi connectivity index (χ1v) is 7.04. The second-order valence-electron chi connectivity index (χ2n) is 6.49. The molecule has 2 rings (SSSR count). The molecular weight excluding hydrogens is 212 g/mol. The number of rotatable bonds is 2. The molecule has 1 saturated heterocycles. The van der Waals surface area contributed by atoms with E-state index < -0.39 is 0 Å². The van der Waals surface area contributed by atoms with Crippen LogP contribution in [-0.4, -0.2) is 24.5 Å². The molecule has 1 aliphatic heterocycles. The first-order valence-electron chi connectivity index (χ1n) is 7.04. The monoisotopic (exact) mass is 238 g/mol. The van der Waals surface area contributed by atoms with Crippen LogP contribution in [0.4, 0.5) is 0 Å². The summed E-state index contributed by atoms with van der Waals surface area (Å²) in [6.07, 6.45) is 5.97. The fourth-order valence-electron chi connectivity index (χ4n) is 3.26. The van der Waals surface area contributed by atoms with Gasteiger partial charge in [0.15, 0.2) is 0 Å². The Balaban J connectivity index is 1.92. The van der Waals surface area contributed by atoms with Gasteiger partial charge in [0.05, 0.1) is 6.04 Å². The van der Waals surface area contributed by atoms with Crippen LogP contribution in [0.25, 0.3) is 0 Å². The maximum absolute atomic E-state index is 12.3. The van der Waals surface area contributed by atoms with E-state index in [1.54, 1.807) is 0 Å². The van der Waals surface area contributed by atoms with Gasteiger partial charge in [-0.2, -0.15) is 0 Å². The van der Waals surface area contributed by atoms with Gasteiger partial charge >= 0.3 is 0 Å². The fraction of sp³-hybridized carbons (Fsp3) is 0.929. The van der Waals surface area contributed by atoms with Crippen molar-refractivity contribution in [3.8, 4) is 0 Å². The molecular formula is C14H26N2O. The maximum Gasteiger partial charge on any atom is 0.237 e. The highest BCUT2D eigenvalue weighted by Gasteiger charge is 2.37. The predicted molar refractivity (Wildman–Crippen MR) is 69.8 cm³/mol. The average molecular weight is 238 g/mol. The molecule has 3 atom stereocenters. The molecule has 17 heavy (non-hydrogen) atoms. The summed E-state index contributed by atoms with van der Waals surface area (Å²) in [7, 11) is 0. The molecule has 0 aromatic carbocycles. The molecule has 3 heteroatoms. The van der Waals surface area contributed by atoms with Crippen LogP contribution in [0.1, 0.15) is 52.9 Å². The van der Waals surface area contributed by atoms with Crippen LogP contribution in [0, 0.1) is 11.3 Å². The number of nitrogens with one attached hydrogen (secondary N) is 2. The molecule has 0 bridgehead atoms. The van der Waals surface area contributed by atoms with Crippen LogP contribution in [0.15, 0.2) is 0 Å². The van der Waals surface area contributed by atoms with Crippen LogP contribution in [0.2, 0.25) is 0 Å². The minimum absolute atomic E-state index is 0.0279. The zero-order valence-electron chi connectivity index (χ0n) is 11.4. The van der Waals surface area contributed by atoms with E-state index in [1.165, 1.54) is 25.7 Å². The van der Waals surface area contributed by atoms with Crippen molar-refractivity contribution in [1.82, 2.24) is 10.6 Å². The molecule has 0 spiro atoms. The Kier molecular flexibility index (Phi) is 3.76. The molecule has 1 heterocycles. The number of hydrogen-bond acceptors (Lipinski definition) is 2. The first-order chi connectivity index (χ1) is 8.00. The molecule has 1 aliphatic carbocycles. The molecule has 0 aromatic rings. The summed E-state index contributed by atoms with van der Waals surface area (Å²) >= 11 is 0. The number of amides is 1. The van der Waals surface area contributed by atoms with Gasteiger partial charge in [-0.05, 0) is 43.6 Å². The summed E-state index contributed by atoms with van der Waals surface area (Å²) in [6, 6.07) is 0.395. The third-order valence-corrected chi connectivity index (χ3v) is 4.63. The molecule has 1 saturated carbocycles. The van der Waals surface area contributed by atoms with Crippen molar-refractivity contribution < 1.29 is 4.79 Å². The number of hydrogen-bond donors (Lipinski definition) is 2. The Labute approximate surface area is 105 Å². The van der Waals surface area contributed by atoms with Crippen molar-refractivity contribution in [2.24, 2.45) is 11.3 Å². The van der Waals surface area contributed by atoms with Gasteiger partial charge in [-0.1, -0.05) is 27.2 Å². The van der Waals surface area contributed by atoms with Gasteiger partial charge in [0, 0.05) is 6.04 Å². The zero-order valence-corrected chi connectivity index (χ0v) is 11.4. The van der Waals surface area contributed by atoms with E-state index in [0.717, 1.165) is 13.0 Å². The molecule has 98 valence electrons. The molecule has 1 amide bonds. The Bertz CT molecular complexity index is 288. The van der Waals surface area contributed by atoms with Gasteiger partial charge in [-0.25, -0.2) is 0 Å². The molecule has 3 nitrogen and oxygen atoms in total. The first kappa shape index (κ1) is 12.9. The second kappa shape index (κ2) is 4.97. The molecule has 0 radical (unpaired) electrons. The van der Waals surface area contributed by atoms with Crippen LogP contribution in [0.3, 0.4) is 0 Å². The maximum atomic E-state index is 12.3. The quantitative estimate of drug-likeness (QED) is 0.773. The van der Waals surface area contributed by atoms with Gasteiger partial charge in [-0.3, -0.25) is 4.79 Å². The number of carbonyl (C=O) groups excluding carboxylic acids is 1. The van der Waals surface area contributed by atoms with Crippen molar-refractivity contribution >= 4 is 5.91 Å². The third-order valence-electron chi connectivity index (χ3n) is 4.63. The molecule has 0 aromatic heterocycles. The summed E-state index contributed by atoms with van der Waals surface area (Å²) in [5.74, 6) is 0.686. The minimum Gasteiger partial charge on any atom is -0.351 e. The van der Waals surface area contributed by atoms with Gasteiger partial charge in [-0.15, -0.1) is 0 Å². The third kappa shape index (κ3) is 2.82. The van der Waals surface area contributed by atoms with E-state index in [1.807, 2.05) is 0 Å². The summed E-state index contributed by atoms with van der Waals surface area (Å²) < 4.78 is 0. The molecule has 2 aliphatic rings. The van der Waals surface area contributed by atoms with Gasteiger partial charge in [0.25, 0.3) is 0 Å². The molecule has 2 N–H and O–H groups in total. The highest BCUT2D eigenvalue weighted by molar-refractivity contribution is 5.82. The summed E-state index contributed by atoms with van der Waals surface area (Å²) in [4.78, 5) is 12.3. The lowest BCUT2D eigenvalue weighted by molar-refractivity contribution is -0.126. The zero-order chi connectivity index (χ0) is 12.5. The van der Waals surface area contributed by atoms with Crippen LogP contribution >= 0.6 is 0 Å². The van der Waals surface area contributed by atoms with Crippen molar-refractivity contribution in [3.05, 3.63) is 0 Å². The number of piperidine rings is 1. The Hall–Kier alpha value is -0.570. The second-order valence-corrected chi connectivity index (χ2v) is 6.49. The lowest BCUT2D eigenvalue weighted by atomic mass is 9.86. The van der Waals surface area contributed by atoms with Crippen molar-refractivity contribution in [2.75, 3.05) is 6.54 Å². The van der Waals surface area contributed by atoms with Crippen molar-refractivity contribution in [2.45, 2.75) is 65.0 Å². The van der Waals surface area contributed by atoms with E-state index in [0.29, 0.717) is 12.0 Å². The van der Waals surface area contributed by atoms with Crippen molar-refractivity contribution in [3.63, 3.8) is 0 Å². The van der Waals surface area contributed by atoms with E-state index in [4.69, 9.17) is 0 Å². The van der Waals surface area contributed by atoms with E-state index >= 15 is 0 Å². The smallest absolute Gasteiger partial charge is 0.237 e. The summed E-state index contributed by atoms with van der Waals surface area (Å²) in [5, 5.41) is 6.63. The van der Waals surface area contributed by atoms with E-state index in [2.05, 4.69) is 31.4 Å².